The highest BCUT2D eigenvalue weighted by Crippen LogP contribution is 2.21. The Kier molecular flexibility index (Phi) is 3.85. The summed E-state index contributed by atoms with van der Waals surface area (Å²) >= 11 is 5.10. The van der Waals surface area contributed by atoms with Gasteiger partial charge in [-0.3, -0.25) is 4.68 Å². The van der Waals surface area contributed by atoms with E-state index in [1.165, 1.54) is 0 Å². The summed E-state index contributed by atoms with van der Waals surface area (Å²) < 4.78 is 1.90. The lowest BCUT2D eigenvalue weighted by Gasteiger charge is -2.22. The summed E-state index contributed by atoms with van der Waals surface area (Å²) in [7, 11) is 3.98. The third kappa shape index (κ3) is 2.93. The van der Waals surface area contributed by atoms with E-state index < -0.39 is 0 Å². The summed E-state index contributed by atoms with van der Waals surface area (Å²) in [5.74, 6) is 0. The average Bonchev–Trinajstić information content (AvgIpc) is 2.67. The van der Waals surface area contributed by atoms with E-state index in [2.05, 4.69) is 16.1 Å². The molecule has 2 rings (SSSR count). The van der Waals surface area contributed by atoms with Crippen LogP contribution in [0.1, 0.15) is 17.0 Å². The highest BCUT2D eigenvalue weighted by atomic mass is 32.1. The minimum Gasteiger partial charge on any atom is -0.389 e. The summed E-state index contributed by atoms with van der Waals surface area (Å²) in [4.78, 5) is 2.55. The second kappa shape index (κ2) is 5.40. The fraction of sp³-hybridized carbons (Fsp3) is 0.286. The van der Waals surface area contributed by atoms with Crippen LogP contribution in [0.2, 0.25) is 0 Å². The van der Waals surface area contributed by atoms with Gasteiger partial charge in [0.25, 0.3) is 0 Å². The van der Waals surface area contributed by atoms with Crippen molar-refractivity contribution in [1.29, 1.82) is 0 Å². The van der Waals surface area contributed by atoms with Crippen molar-refractivity contribution in [3.8, 4) is 0 Å². The number of para-hydroxylation sites is 1. The molecule has 100 valence electrons. The summed E-state index contributed by atoms with van der Waals surface area (Å²) in [6, 6.07) is 9.99. The minimum absolute atomic E-state index is 0.420. The molecular weight excluding hydrogens is 256 g/mol. The topological polar surface area (TPSA) is 47.1 Å². The first-order valence-electron chi connectivity index (χ1n) is 6.08. The lowest BCUT2D eigenvalue weighted by molar-refractivity contribution is 0.694. The number of benzene rings is 1. The molecular formula is C14H18N4S. The van der Waals surface area contributed by atoms with E-state index in [9.17, 15) is 0 Å². The van der Waals surface area contributed by atoms with E-state index in [0.29, 0.717) is 4.99 Å². The highest BCUT2D eigenvalue weighted by molar-refractivity contribution is 7.80. The molecule has 1 heterocycles. The Balaban J connectivity index is 2.27. The van der Waals surface area contributed by atoms with Crippen LogP contribution in [0.5, 0.6) is 0 Å². The number of rotatable bonds is 4. The van der Waals surface area contributed by atoms with Gasteiger partial charge in [-0.05, 0) is 25.1 Å². The Morgan fingerprint density at radius 1 is 1.42 bits per heavy atom. The summed E-state index contributed by atoms with van der Waals surface area (Å²) in [6.07, 6.45) is 0. The molecule has 0 amide bonds. The molecule has 5 heteroatoms. The fourth-order valence-corrected chi connectivity index (χ4v) is 2.33. The zero-order valence-electron chi connectivity index (χ0n) is 11.4. The maximum Gasteiger partial charge on any atom is 0.106 e. The van der Waals surface area contributed by atoms with Crippen molar-refractivity contribution in [2.24, 2.45) is 12.8 Å². The van der Waals surface area contributed by atoms with Crippen molar-refractivity contribution in [3.05, 3.63) is 47.3 Å². The fourth-order valence-electron chi connectivity index (χ4n) is 2.16. The van der Waals surface area contributed by atoms with Crippen molar-refractivity contribution >= 4 is 22.9 Å². The number of hydrogen-bond acceptors (Lipinski definition) is 3. The second-order valence-corrected chi connectivity index (χ2v) is 5.08. The summed E-state index contributed by atoms with van der Waals surface area (Å²) in [5.41, 5.74) is 9.88. The maximum atomic E-state index is 5.77. The van der Waals surface area contributed by atoms with Gasteiger partial charge in [-0.1, -0.05) is 24.4 Å². The summed E-state index contributed by atoms with van der Waals surface area (Å²) in [6.45, 7) is 2.75. The van der Waals surface area contributed by atoms with Gasteiger partial charge in [-0.15, -0.1) is 0 Å². The first kappa shape index (κ1) is 13.5. The van der Waals surface area contributed by atoms with Crippen LogP contribution in [0.15, 0.2) is 30.3 Å². The monoisotopic (exact) mass is 274 g/mol. The number of aryl methyl sites for hydroxylation is 2. The Hall–Kier alpha value is -1.88. The molecule has 0 radical (unpaired) electrons. The van der Waals surface area contributed by atoms with E-state index in [1.54, 1.807) is 0 Å². The van der Waals surface area contributed by atoms with Crippen LogP contribution in [-0.2, 0) is 13.6 Å². The minimum atomic E-state index is 0.420. The lowest BCUT2D eigenvalue weighted by Crippen LogP contribution is -2.22. The average molecular weight is 274 g/mol. The molecule has 0 aliphatic heterocycles. The molecule has 1 aromatic heterocycles. The van der Waals surface area contributed by atoms with Crippen molar-refractivity contribution in [3.63, 3.8) is 0 Å². The third-order valence-electron chi connectivity index (χ3n) is 3.08. The molecule has 19 heavy (non-hydrogen) atoms. The van der Waals surface area contributed by atoms with E-state index in [-0.39, 0.29) is 0 Å². The number of hydrogen-bond donors (Lipinski definition) is 1. The number of thiocarbonyl (C=S) groups is 1. The normalized spacial score (nSPS) is 10.5. The van der Waals surface area contributed by atoms with Gasteiger partial charge in [0.1, 0.15) is 4.99 Å². The molecule has 0 saturated heterocycles. The van der Waals surface area contributed by atoms with E-state index >= 15 is 0 Å². The van der Waals surface area contributed by atoms with Crippen LogP contribution in [0.25, 0.3) is 0 Å². The van der Waals surface area contributed by atoms with Gasteiger partial charge in [0.15, 0.2) is 0 Å². The Bertz CT molecular complexity index is 603. The van der Waals surface area contributed by atoms with Gasteiger partial charge in [-0.2, -0.15) is 5.10 Å². The van der Waals surface area contributed by atoms with Crippen LogP contribution in [0.3, 0.4) is 0 Å². The summed E-state index contributed by atoms with van der Waals surface area (Å²) in [5, 5.41) is 4.35. The van der Waals surface area contributed by atoms with Gasteiger partial charge in [0.05, 0.1) is 17.9 Å². The predicted molar refractivity (Wildman–Crippen MR) is 82.4 cm³/mol. The number of nitrogens with two attached hydrogens (primary N) is 1. The van der Waals surface area contributed by atoms with Crippen LogP contribution in [0, 0.1) is 6.92 Å². The smallest absolute Gasteiger partial charge is 0.106 e. The van der Waals surface area contributed by atoms with Crippen LogP contribution in [-0.4, -0.2) is 21.8 Å². The lowest BCUT2D eigenvalue weighted by atomic mass is 10.1. The first-order chi connectivity index (χ1) is 8.99. The van der Waals surface area contributed by atoms with Crippen LogP contribution < -0.4 is 10.6 Å². The zero-order chi connectivity index (χ0) is 14.0. The second-order valence-electron chi connectivity index (χ2n) is 4.64. The first-order valence-corrected chi connectivity index (χ1v) is 6.49. The van der Waals surface area contributed by atoms with Crippen molar-refractivity contribution < 1.29 is 0 Å². The molecule has 0 aliphatic carbocycles. The quantitative estimate of drug-likeness (QED) is 0.866. The molecule has 0 atom stereocenters. The standard InChI is InChI=1S/C14H18N4S/c1-10-8-11(18(3)16-10)9-17(2)13-7-5-4-6-12(13)14(15)19/h4-8H,9H2,1-3H3,(H2,15,19). The van der Waals surface area contributed by atoms with Gasteiger partial charge in [0, 0.05) is 25.3 Å². The molecule has 0 unspecified atom stereocenters. The van der Waals surface area contributed by atoms with E-state index in [0.717, 1.165) is 29.2 Å². The third-order valence-corrected chi connectivity index (χ3v) is 3.30. The molecule has 0 aliphatic rings. The van der Waals surface area contributed by atoms with Crippen molar-refractivity contribution in [2.75, 3.05) is 11.9 Å². The SMILES string of the molecule is Cc1cc(CN(C)c2ccccc2C(N)=S)n(C)n1. The van der Waals surface area contributed by atoms with Crippen molar-refractivity contribution in [2.45, 2.75) is 13.5 Å². The molecule has 0 bridgehead atoms. The zero-order valence-corrected chi connectivity index (χ0v) is 12.2. The molecule has 2 N–H and O–H groups in total. The molecule has 1 aromatic carbocycles. The molecule has 4 nitrogen and oxygen atoms in total. The maximum absolute atomic E-state index is 5.77. The highest BCUT2D eigenvalue weighted by Gasteiger charge is 2.11. The number of nitrogens with zero attached hydrogens (tertiary/aromatic N) is 3. The Morgan fingerprint density at radius 3 is 2.68 bits per heavy atom. The van der Waals surface area contributed by atoms with Crippen LogP contribution in [0.4, 0.5) is 5.69 Å². The largest absolute Gasteiger partial charge is 0.389 e. The number of anilines is 1. The van der Waals surface area contributed by atoms with Crippen LogP contribution >= 0.6 is 12.2 Å². The van der Waals surface area contributed by atoms with Gasteiger partial charge in [0.2, 0.25) is 0 Å². The molecule has 0 saturated carbocycles. The van der Waals surface area contributed by atoms with Crippen molar-refractivity contribution in [1.82, 2.24) is 9.78 Å². The number of aromatic nitrogens is 2. The predicted octanol–water partition coefficient (Wildman–Crippen LogP) is 2.00. The van der Waals surface area contributed by atoms with Gasteiger partial charge in [-0.25, -0.2) is 0 Å². The molecule has 0 fully saturated rings. The Morgan fingerprint density at radius 2 is 2.11 bits per heavy atom. The van der Waals surface area contributed by atoms with E-state index in [1.807, 2.05) is 50.0 Å². The van der Waals surface area contributed by atoms with Gasteiger partial charge >= 0.3 is 0 Å². The van der Waals surface area contributed by atoms with E-state index in [4.69, 9.17) is 18.0 Å². The Labute approximate surface area is 118 Å². The molecule has 2 aromatic rings. The molecule has 0 spiro atoms. The van der Waals surface area contributed by atoms with Gasteiger partial charge < -0.3 is 10.6 Å².